The Hall–Kier alpha value is -1.22. The van der Waals surface area contributed by atoms with Crippen LogP contribution in [0.5, 0.6) is 0 Å². The summed E-state index contributed by atoms with van der Waals surface area (Å²) in [6, 6.07) is 2.98. The fraction of sp³-hybridized carbons (Fsp3) is 0.615. The van der Waals surface area contributed by atoms with Crippen molar-refractivity contribution in [3.05, 3.63) is 18.3 Å². The van der Waals surface area contributed by atoms with Gasteiger partial charge in [0.2, 0.25) is 10.0 Å². The number of hydrogen-bond acceptors (Lipinski definition) is 6. The summed E-state index contributed by atoms with van der Waals surface area (Å²) in [5, 5.41) is 2.80. The molecule has 0 saturated carbocycles. The molecule has 1 fully saturated rings. The first kappa shape index (κ1) is 16.2. The Kier molecular flexibility index (Phi) is 5.51. The normalized spacial score (nSPS) is 18.4. The first-order chi connectivity index (χ1) is 10.0. The summed E-state index contributed by atoms with van der Waals surface area (Å²) in [4.78, 5) is 6.39. The van der Waals surface area contributed by atoms with E-state index in [1.165, 1.54) is 0 Å². The predicted molar refractivity (Wildman–Crippen MR) is 80.8 cm³/mol. The second-order valence-electron chi connectivity index (χ2n) is 5.04. The van der Waals surface area contributed by atoms with Crippen molar-refractivity contribution in [1.82, 2.24) is 14.6 Å². The highest BCUT2D eigenvalue weighted by molar-refractivity contribution is 7.89. The highest BCUT2D eigenvalue weighted by Crippen LogP contribution is 2.17. The van der Waals surface area contributed by atoms with Crippen LogP contribution in [0.15, 0.2) is 23.2 Å². The van der Waals surface area contributed by atoms with Gasteiger partial charge in [0, 0.05) is 38.9 Å². The van der Waals surface area contributed by atoms with Crippen LogP contribution in [0.25, 0.3) is 0 Å². The summed E-state index contributed by atoms with van der Waals surface area (Å²) in [5.41, 5.74) is 0. The highest BCUT2D eigenvalue weighted by Gasteiger charge is 2.22. The summed E-state index contributed by atoms with van der Waals surface area (Å²) in [6.45, 7) is 5.60. The molecule has 1 atom stereocenters. The van der Waals surface area contributed by atoms with Crippen molar-refractivity contribution in [2.24, 2.45) is 0 Å². The fourth-order valence-corrected chi connectivity index (χ4v) is 3.73. The van der Waals surface area contributed by atoms with Crippen LogP contribution in [0.3, 0.4) is 0 Å². The quantitative estimate of drug-likeness (QED) is 0.776. The fourth-order valence-electron chi connectivity index (χ4n) is 2.33. The first-order valence-electron chi connectivity index (χ1n) is 6.98. The summed E-state index contributed by atoms with van der Waals surface area (Å²) >= 11 is 0. The number of nitrogens with one attached hydrogen (secondary N) is 2. The molecule has 1 unspecified atom stereocenters. The molecule has 21 heavy (non-hydrogen) atoms. The van der Waals surface area contributed by atoms with Crippen LogP contribution in [0.4, 0.5) is 5.82 Å². The van der Waals surface area contributed by atoms with E-state index in [9.17, 15) is 8.42 Å². The predicted octanol–water partition coefficient (Wildman–Crippen LogP) is 0.122. The van der Waals surface area contributed by atoms with Gasteiger partial charge in [0.25, 0.3) is 0 Å². The van der Waals surface area contributed by atoms with E-state index in [2.05, 4.69) is 19.9 Å². The van der Waals surface area contributed by atoms with E-state index in [-0.39, 0.29) is 10.9 Å². The Labute approximate surface area is 125 Å². The van der Waals surface area contributed by atoms with Crippen molar-refractivity contribution in [2.45, 2.75) is 17.9 Å². The summed E-state index contributed by atoms with van der Waals surface area (Å²) in [5.74, 6) is 0.351. The summed E-state index contributed by atoms with van der Waals surface area (Å²) < 4.78 is 32.8. The Morgan fingerprint density at radius 1 is 1.43 bits per heavy atom. The second kappa shape index (κ2) is 7.17. The number of sulfonamides is 1. The van der Waals surface area contributed by atoms with Gasteiger partial charge in [-0.15, -0.1) is 0 Å². The van der Waals surface area contributed by atoms with Crippen LogP contribution in [-0.2, 0) is 14.8 Å². The van der Waals surface area contributed by atoms with Gasteiger partial charge in [-0.1, -0.05) is 0 Å². The molecule has 2 heterocycles. The Bertz CT molecular complexity index is 558. The van der Waals surface area contributed by atoms with Gasteiger partial charge in [-0.2, -0.15) is 0 Å². The lowest BCUT2D eigenvalue weighted by Gasteiger charge is -2.29. The monoisotopic (exact) mass is 314 g/mol. The van der Waals surface area contributed by atoms with Crippen molar-refractivity contribution < 1.29 is 13.2 Å². The van der Waals surface area contributed by atoms with E-state index in [1.54, 1.807) is 25.4 Å². The van der Waals surface area contributed by atoms with E-state index < -0.39 is 10.0 Å². The molecule has 2 rings (SSSR count). The van der Waals surface area contributed by atoms with Gasteiger partial charge in [0.05, 0.1) is 13.2 Å². The van der Waals surface area contributed by atoms with Gasteiger partial charge in [0.1, 0.15) is 10.7 Å². The number of rotatable bonds is 6. The molecule has 1 aromatic rings. The van der Waals surface area contributed by atoms with Gasteiger partial charge in [-0.05, 0) is 19.1 Å². The van der Waals surface area contributed by atoms with Crippen LogP contribution in [0.1, 0.15) is 6.92 Å². The van der Waals surface area contributed by atoms with Crippen molar-refractivity contribution >= 4 is 15.8 Å². The minimum Gasteiger partial charge on any atom is -0.379 e. The molecule has 1 aromatic heterocycles. The molecule has 118 valence electrons. The molecule has 8 heteroatoms. The molecule has 0 aliphatic carbocycles. The first-order valence-corrected chi connectivity index (χ1v) is 8.46. The van der Waals surface area contributed by atoms with Crippen LogP contribution < -0.4 is 10.0 Å². The zero-order valence-corrected chi connectivity index (χ0v) is 13.2. The molecule has 2 N–H and O–H groups in total. The van der Waals surface area contributed by atoms with Crippen LogP contribution in [0, 0.1) is 0 Å². The van der Waals surface area contributed by atoms with Crippen LogP contribution in [-0.4, -0.2) is 64.2 Å². The van der Waals surface area contributed by atoms with E-state index >= 15 is 0 Å². The minimum absolute atomic E-state index is 0.168. The van der Waals surface area contributed by atoms with Gasteiger partial charge in [-0.25, -0.2) is 18.1 Å². The Morgan fingerprint density at radius 2 is 2.14 bits per heavy atom. The maximum atomic E-state index is 12.4. The van der Waals surface area contributed by atoms with Crippen molar-refractivity contribution in [1.29, 1.82) is 0 Å². The molecule has 1 aliphatic heterocycles. The third-order valence-corrected chi connectivity index (χ3v) is 4.91. The Balaban J connectivity index is 2.02. The lowest BCUT2D eigenvalue weighted by Crippen LogP contribution is -2.46. The summed E-state index contributed by atoms with van der Waals surface area (Å²) in [6.07, 6.45) is 1.56. The average molecular weight is 314 g/mol. The molecule has 0 bridgehead atoms. The lowest BCUT2D eigenvalue weighted by molar-refractivity contribution is 0.0354. The molecule has 7 nitrogen and oxygen atoms in total. The van der Waals surface area contributed by atoms with E-state index in [4.69, 9.17) is 4.74 Å². The average Bonchev–Trinajstić information content (AvgIpc) is 2.47. The number of pyridine rings is 1. The van der Waals surface area contributed by atoms with Crippen molar-refractivity contribution in [3.8, 4) is 0 Å². The number of aromatic nitrogens is 1. The van der Waals surface area contributed by atoms with E-state index in [0.717, 1.165) is 13.1 Å². The number of hydrogen-bond donors (Lipinski definition) is 2. The topological polar surface area (TPSA) is 83.6 Å². The zero-order chi connectivity index (χ0) is 15.3. The number of anilines is 1. The van der Waals surface area contributed by atoms with Gasteiger partial charge in [-0.3, -0.25) is 4.90 Å². The number of nitrogens with zero attached hydrogens (tertiary/aromatic N) is 2. The van der Waals surface area contributed by atoms with Crippen molar-refractivity contribution in [2.75, 3.05) is 45.2 Å². The second-order valence-corrected chi connectivity index (χ2v) is 6.72. The van der Waals surface area contributed by atoms with Crippen LogP contribution in [0.2, 0.25) is 0 Å². The van der Waals surface area contributed by atoms with E-state index in [0.29, 0.717) is 25.6 Å². The van der Waals surface area contributed by atoms with Gasteiger partial charge < -0.3 is 10.1 Å². The zero-order valence-electron chi connectivity index (χ0n) is 12.4. The molecule has 1 saturated heterocycles. The van der Waals surface area contributed by atoms with Crippen molar-refractivity contribution in [3.63, 3.8) is 0 Å². The largest absolute Gasteiger partial charge is 0.379 e. The third-order valence-electron chi connectivity index (χ3n) is 3.29. The van der Waals surface area contributed by atoms with Crippen LogP contribution >= 0.6 is 0 Å². The minimum atomic E-state index is -3.59. The Morgan fingerprint density at radius 3 is 2.81 bits per heavy atom. The standard InChI is InChI=1S/C13H22N4O3S/c1-11(10-17-6-8-20-9-7-17)16-21(18,19)12-4-3-5-15-13(12)14-2/h3-5,11,16H,6-10H2,1-2H3,(H,14,15). The third kappa shape index (κ3) is 4.37. The molecular formula is C13H22N4O3S. The highest BCUT2D eigenvalue weighted by atomic mass is 32.2. The molecule has 0 amide bonds. The SMILES string of the molecule is CNc1ncccc1S(=O)(=O)NC(C)CN1CCOCC1. The van der Waals surface area contributed by atoms with Gasteiger partial charge in [0.15, 0.2) is 0 Å². The van der Waals surface area contributed by atoms with Gasteiger partial charge >= 0.3 is 0 Å². The lowest BCUT2D eigenvalue weighted by atomic mass is 10.3. The molecule has 0 aromatic carbocycles. The maximum Gasteiger partial charge on any atom is 0.244 e. The molecule has 0 radical (unpaired) electrons. The van der Waals surface area contributed by atoms with E-state index in [1.807, 2.05) is 6.92 Å². The maximum absolute atomic E-state index is 12.4. The molecule has 0 spiro atoms. The molecular weight excluding hydrogens is 292 g/mol. The molecule has 1 aliphatic rings. The summed E-state index contributed by atoms with van der Waals surface area (Å²) in [7, 11) is -1.93. The smallest absolute Gasteiger partial charge is 0.244 e. The number of ether oxygens (including phenoxy) is 1. The number of morpholine rings is 1.